The van der Waals surface area contributed by atoms with Gasteiger partial charge >= 0.3 is 0 Å². The lowest BCUT2D eigenvalue weighted by Gasteiger charge is -2.11. The molecule has 1 fully saturated rings. The third kappa shape index (κ3) is 3.55. The molecule has 0 heterocycles. The topological polar surface area (TPSA) is 32.3 Å². The molecule has 1 aliphatic rings. The summed E-state index contributed by atoms with van der Waals surface area (Å²) >= 11 is 0. The van der Waals surface area contributed by atoms with Gasteiger partial charge in [-0.1, -0.05) is 13.3 Å². The van der Waals surface area contributed by atoms with Gasteiger partial charge in [-0.3, -0.25) is 0 Å². The zero-order valence-corrected chi connectivity index (χ0v) is 8.21. The van der Waals surface area contributed by atoms with Gasteiger partial charge in [0.25, 0.3) is 0 Å². The summed E-state index contributed by atoms with van der Waals surface area (Å²) < 4.78 is 0. The second-order valence-electron chi connectivity index (χ2n) is 4.29. The molecule has 0 aromatic carbocycles. The summed E-state index contributed by atoms with van der Waals surface area (Å²) in [6.07, 6.45) is 3.92. The SMILES string of the molecule is CC(O)CNCC1CCC(C)C1. The first-order valence-electron chi connectivity index (χ1n) is 5.07. The molecule has 3 unspecified atom stereocenters. The molecule has 0 aromatic heterocycles. The summed E-state index contributed by atoms with van der Waals surface area (Å²) in [6, 6.07) is 0. The fourth-order valence-corrected chi connectivity index (χ4v) is 2.01. The predicted octanol–water partition coefficient (Wildman–Crippen LogP) is 1.39. The molecule has 72 valence electrons. The molecular weight excluding hydrogens is 150 g/mol. The molecule has 0 aromatic rings. The van der Waals surface area contributed by atoms with Gasteiger partial charge in [-0.2, -0.15) is 0 Å². The van der Waals surface area contributed by atoms with E-state index in [1.807, 2.05) is 6.92 Å². The van der Waals surface area contributed by atoms with E-state index in [9.17, 15) is 0 Å². The number of hydrogen-bond acceptors (Lipinski definition) is 2. The first-order valence-corrected chi connectivity index (χ1v) is 5.07. The van der Waals surface area contributed by atoms with Crippen LogP contribution in [0.3, 0.4) is 0 Å². The van der Waals surface area contributed by atoms with E-state index in [4.69, 9.17) is 5.11 Å². The normalized spacial score (nSPS) is 32.2. The average Bonchev–Trinajstić information content (AvgIpc) is 2.35. The van der Waals surface area contributed by atoms with Crippen molar-refractivity contribution in [3.8, 4) is 0 Å². The zero-order valence-electron chi connectivity index (χ0n) is 8.21. The third-order valence-electron chi connectivity index (χ3n) is 2.68. The molecule has 0 saturated heterocycles. The van der Waals surface area contributed by atoms with Gasteiger partial charge in [0, 0.05) is 6.54 Å². The van der Waals surface area contributed by atoms with E-state index in [0.29, 0.717) is 0 Å². The first-order chi connectivity index (χ1) is 5.68. The van der Waals surface area contributed by atoms with Crippen molar-refractivity contribution in [1.29, 1.82) is 0 Å². The lowest BCUT2D eigenvalue weighted by atomic mass is 10.1. The van der Waals surface area contributed by atoms with Gasteiger partial charge in [0.1, 0.15) is 0 Å². The molecule has 12 heavy (non-hydrogen) atoms. The van der Waals surface area contributed by atoms with Gasteiger partial charge in [-0.05, 0) is 38.1 Å². The Morgan fingerprint density at radius 2 is 2.25 bits per heavy atom. The molecule has 2 heteroatoms. The van der Waals surface area contributed by atoms with Crippen molar-refractivity contribution in [2.24, 2.45) is 11.8 Å². The minimum atomic E-state index is -0.205. The van der Waals surface area contributed by atoms with Gasteiger partial charge in [0.2, 0.25) is 0 Å². The van der Waals surface area contributed by atoms with Crippen LogP contribution in [0.2, 0.25) is 0 Å². The monoisotopic (exact) mass is 171 g/mol. The van der Waals surface area contributed by atoms with Gasteiger partial charge in [-0.15, -0.1) is 0 Å². The van der Waals surface area contributed by atoms with Gasteiger partial charge in [0.15, 0.2) is 0 Å². The van der Waals surface area contributed by atoms with Crippen LogP contribution in [-0.2, 0) is 0 Å². The molecule has 0 radical (unpaired) electrons. The van der Waals surface area contributed by atoms with Crippen molar-refractivity contribution in [3.05, 3.63) is 0 Å². The van der Waals surface area contributed by atoms with E-state index in [-0.39, 0.29) is 6.10 Å². The van der Waals surface area contributed by atoms with Crippen molar-refractivity contribution in [3.63, 3.8) is 0 Å². The third-order valence-corrected chi connectivity index (χ3v) is 2.68. The molecule has 2 nitrogen and oxygen atoms in total. The van der Waals surface area contributed by atoms with Crippen LogP contribution in [0.25, 0.3) is 0 Å². The van der Waals surface area contributed by atoms with E-state index >= 15 is 0 Å². The average molecular weight is 171 g/mol. The molecule has 1 aliphatic carbocycles. The van der Waals surface area contributed by atoms with Crippen molar-refractivity contribution in [2.45, 2.75) is 39.2 Å². The molecule has 0 amide bonds. The van der Waals surface area contributed by atoms with Crippen LogP contribution in [0.1, 0.15) is 33.1 Å². The highest BCUT2D eigenvalue weighted by Crippen LogP contribution is 2.29. The van der Waals surface area contributed by atoms with E-state index in [1.54, 1.807) is 0 Å². The summed E-state index contributed by atoms with van der Waals surface area (Å²) in [5, 5.41) is 12.3. The Morgan fingerprint density at radius 1 is 1.50 bits per heavy atom. The fraction of sp³-hybridized carbons (Fsp3) is 1.00. The lowest BCUT2D eigenvalue weighted by molar-refractivity contribution is 0.189. The molecule has 1 rings (SSSR count). The lowest BCUT2D eigenvalue weighted by Crippen LogP contribution is -2.28. The van der Waals surface area contributed by atoms with E-state index in [0.717, 1.165) is 24.9 Å². The second kappa shape index (κ2) is 4.83. The number of aliphatic hydroxyl groups excluding tert-OH is 1. The number of aliphatic hydroxyl groups is 1. The number of hydrogen-bond donors (Lipinski definition) is 2. The van der Waals surface area contributed by atoms with Crippen LogP contribution in [0.5, 0.6) is 0 Å². The molecule has 3 atom stereocenters. The summed E-state index contributed by atoms with van der Waals surface area (Å²) in [5.41, 5.74) is 0. The highest BCUT2D eigenvalue weighted by molar-refractivity contribution is 4.74. The van der Waals surface area contributed by atoms with Crippen molar-refractivity contribution in [2.75, 3.05) is 13.1 Å². The predicted molar refractivity (Wildman–Crippen MR) is 51.1 cm³/mol. The molecule has 1 saturated carbocycles. The van der Waals surface area contributed by atoms with Crippen LogP contribution in [-0.4, -0.2) is 24.3 Å². The molecule has 0 bridgehead atoms. The summed E-state index contributed by atoms with van der Waals surface area (Å²) in [5.74, 6) is 1.78. The van der Waals surface area contributed by atoms with E-state index in [1.165, 1.54) is 19.3 Å². The van der Waals surface area contributed by atoms with Crippen molar-refractivity contribution < 1.29 is 5.11 Å². The van der Waals surface area contributed by atoms with Crippen LogP contribution in [0.4, 0.5) is 0 Å². The Bertz CT molecular complexity index is 125. The Hall–Kier alpha value is -0.0800. The molecule has 2 N–H and O–H groups in total. The summed E-state index contributed by atoms with van der Waals surface area (Å²) in [6.45, 7) is 5.99. The summed E-state index contributed by atoms with van der Waals surface area (Å²) in [4.78, 5) is 0. The Balaban J connectivity index is 2.00. The molecule has 0 aliphatic heterocycles. The van der Waals surface area contributed by atoms with Gasteiger partial charge in [-0.25, -0.2) is 0 Å². The van der Waals surface area contributed by atoms with Crippen LogP contribution in [0.15, 0.2) is 0 Å². The van der Waals surface area contributed by atoms with Gasteiger partial charge < -0.3 is 10.4 Å². The molecular formula is C10H21NO. The maximum atomic E-state index is 9.02. The zero-order chi connectivity index (χ0) is 8.97. The van der Waals surface area contributed by atoms with E-state index < -0.39 is 0 Å². The highest BCUT2D eigenvalue weighted by Gasteiger charge is 2.20. The Labute approximate surface area is 75.4 Å². The minimum absolute atomic E-state index is 0.205. The smallest absolute Gasteiger partial charge is 0.0636 e. The second-order valence-corrected chi connectivity index (χ2v) is 4.29. The Morgan fingerprint density at radius 3 is 2.75 bits per heavy atom. The number of nitrogens with one attached hydrogen (secondary N) is 1. The minimum Gasteiger partial charge on any atom is -0.392 e. The molecule has 0 spiro atoms. The van der Waals surface area contributed by atoms with Gasteiger partial charge in [0.05, 0.1) is 6.10 Å². The van der Waals surface area contributed by atoms with Crippen molar-refractivity contribution >= 4 is 0 Å². The van der Waals surface area contributed by atoms with Crippen LogP contribution >= 0.6 is 0 Å². The summed E-state index contributed by atoms with van der Waals surface area (Å²) in [7, 11) is 0. The highest BCUT2D eigenvalue weighted by atomic mass is 16.3. The standard InChI is InChI=1S/C10H21NO/c1-8-3-4-10(5-8)7-11-6-9(2)12/h8-12H,3-7H2,1-2H3. The fourth-order valence-electron chi connectivity index (χ4n) is 2.01. The quantitative estimate of drug-likeness (QED) is 0.670. The van der Waals surface area contributed by atoms with Crippen LogP contribution in [0, 0.1) is 11.8 Å². The Kier molecular flexibility index (Phi) is 4.02. The van der Waals surface area contributed by atoms with Crippen LogP contribution < -0.4 is 5.32 Å². The number of rotatable bonds is 4. The van der Waals surface area contributed by atoms with Crippen molar-refractivity contribution in [1.82, 2.24) is 5.32 Å². The largest absolute Gasteiger partial charge is 0.392 e. The first kappa shape index (κ1) is 10.0. The maximum Gasteiger partial charge on any atom is 0.0636 e. The van der Waals surface area contributed by atoms with E-state index in [2.05, 4.69) is 12.2 Å². The maximum absolute atomic E-state index is 9.02.